The van der Waals surface area contributed by atoms with Crippen molar-refractivity contribution in [3.8, 4) is 5.75 Å². The molecule has 0 saturated carbocycles. The van der Waals surface area contributed by atoms with Gasteiger partial charge in [0.2, 0.25) is 17.7 Å². The largest absolute Gasteiger partial charge is 0.482 e. The van der Waals surface area contributed by atoms with Gasteiger partial charge in [-0.15, -0.1) is 0 Å². The van der Waals surface area contributed by atoms with E-state index >= 15 is 0 Å². The molecule has 2 aromatic carbocycles. The van der Waals surface area contributed by atoms with E-state index in [1.54, 1.807) is 7.05 Å². The summed E-state index contributed by atoms with van der Waals surface area (Å²) in [7, 11) is 1.64. The number of nitrogens with two attached hydrogens (primary N) is 1. The number of benzene rings is 2. The zero-order chi connectivity index (χ0) is 37.0. The van der Waals surface area contributed by atoms with Crippen molar-refractivity contribution >= 4 is 23.6 Å². The topological polar surface area (TPSA) is 140 Å². The number of ether oxygens (including phenoxy) is 1. The third-order valence-corrected chi connectivity index (χ3v) is 9.96. The number of carbonyl (C=O) groups excluding carboxylic acids is 4. The van der Waals surface area contributed by atoms with Gasteiger partial charge in [0.05, 0.1) is 11.8 Å². The lowest BCUT2D eigenvalue weighted by Gasteiger charge is -2.34. The van der Waals surface area contributed by atoms with Gasteiger partial charge in [0, 0.05) is 33.1 Å². The van der Waals surface area contributed by atoms with E-state index < -0.39 is 29.8 Å². The van der Waals surface area contributed by atoms with Crippen LogP contribution >= 0.6 is 0 Å². The number of amides is 4. The van der Waals surface area contributed by atoms with E-state index in [1.807, 2.05) is 60.8 Å². The summed E-state index contributed by atoms with van der Waals surface area (Å²) in [6, 6.07) is 10.9. The predicted octanol–water partition coefficient (Wildman–Crippen LogP) is 3.02. The highest BCUT2D eigenvalue weighted by Gasteiger charge is 2.41. The van der Waals surface area contributed by atoms with E-state index in [1.165, 1.54) is 21.9 Å². The maximum atomic E-state index is 14.5. The molecule has 12 nitrogen and oxygen atoms in total. The van der Waals surface area contributed by atoms with E-state index in [-0.39, 0.29) is 41.6 Å². The predicted molar refractivity (Wildman–Crippen MR) is 195 cm³/mol. The number of hydrogen-bond donors (Lipinski definition) is 4. The normalized spacial score (nSPS) is 23.4. The Morgan fingerprint density at radius 2 is 1.67 bits per heavy atom. The summed E-state index contributed by atoms with van der Waals surface area (Å²) < 4.78 is 20.6. The minimum atomic E-state index is -0.965. The maximum absolute atomic E-state index is 14.5. The van der Waals surface area contributed by atoms with Crippen molar-refractivity contribution < 1.29 is 33.7 Å². The molecule has 13 heteroatoms. The lowest BCUT2D eigenvalue weighted by atomic mass is 10.0. The summed E-state index contributed by atoms with van der Waals surface area (Å²) in [5.74, 6) is -1.95. The molecule has 0 aliphatic carbocycles. The number of hydrogen-bond acceptors (Lipinski definition) is 7. The Labute approximate surface area is 306 Å². The molecule has 282 valence electrons. The Morgan fingerprint density at radius 1 is 0.923 bits per heavy atom. The quantitative estimate of drug-likeness (QED) is 0.357. The SMILES string of the molecule is CC(C)C[C@H]1NC(=O)c2cc(F)ccc2OCC2=CN(CCCCCCCCNC(=O)[C@H](Cc3ccccc3)N(C)C(=O)[C@H]3CCCN3C1=O)N[NH2+]2. The highest BCUT2D eigenvalue weighted by molar-refractivity contribution is 6.00. The van der Waals surface area contributed by atoms with Gasteiger partial charge < -0.3 is 25.2 Å². The molecule has 3 aliphatic heterocycles. The average molecular weight is 721 g/mol. The van der Waals surface area contributed by atoms with Gasteiger partial charge in [-0.3, -0.25) is 24.2 Å². The molecule has 4 amide bonds. The van der Waals surface area contributed by atoms with Crippen molar-refractivity contribution in [3.63, 3.8) is 0 Å². The Kier molecular flexibility index (Phi) is 14.0. The fourth-order valence-corrected chi connectivity index (χ4v) is 7.11. The standard InChI is InChI=1S/C39H54FN7O5/c1-27(2)22-32-38(50)47-21-13-16-33(47)39(51)45(3)34(23-28-14-9-8-10-15-28)37(49)41-19-11-6-4-5-7-12-20-46-25-30(43-44-46)26-52-35-18-17-29(40)24-31(35)36(48)42-32/h8-10,14-15,17-18,24-25,27,32-34,43-44H,4-7,11-13,16,19-23,26H2,1-3H3,(H,41,49)(H,42,48)/p+1/t32-,33-,34+/m1/s1. The molecule has 1 fully saturated rings. The molecule has 2 bridgehead atoms. The summed E-state index contributed by atoms with van der Waals surface area (Å²) in [6.07, 6.45) is 9.72. The van der Waals surface area contributed by atoms with Crippen LogP contribution in [0.2, 0.25) is 0 Å². The van der Waals surface area contributed by atoms with E-state index in [4.69, 9.17) is 4.74 Å². The number of carbonyl (C=O) groups is 4. The molecule has 1 saturated heterocycles. The van der Waals surface area contributed by atoms with Crippen molar-refractivity contribution in [2.75, 3.05) is 33.3 Å². The summed E-state index contributed by atoms with van der Waals surface area (Å²) in [5.41, 5.74) is 6.85. The molecule has 0 spiro atoms. The van der Waals surface area contributed by atoms with Gasteiger partial charge in [-0.1, -0.05) is 75.4 Å². The number of rotatable bonds is 4. The molecule has 3 heterocycles. The number of likely N-dealkylation sites (N-methyl/N-ethyl adjacent to an activating group) is 1. The highest BCUT2D eigenvalue weighted by atomic mass is 19.1. The van der Waals surface area contributed by atoms with E-state index in [0.717, 1.165) is 62.4 Å². The van der Waals surface area contributed by atoms with Crippen LogP contribution in [0.1, 0.15) is 87.6 Å². The van der Waals surface area contributed by atoms with Crippen LogP contribution in [0.25, 0.3) is 0 Å². The number of fused-ring (bicyclic) bond motifs is 3. The van der Waals surface area contributed by atoms with Crippen LogP contribution in [0.15, 0.2) is 60.4 Å². The first kappa shape index (κ1) is 38.7. The fraction of sp³-hybridized carbons (Fsp3) is 0.538. The van der Waals surface area contributed by atoms with E-state index in [2.05, 4.69) is 16.2 Å². The number of quaternary nitrogens is 1. The third kappa shape index (κ3) is 10.5. The van der Waals surface area contributed by atoms with Crippen molar-refractivity contribution in [3.05, 3.63) is 77.4 Å². The van der Waals surface area contributed by atoms with Crippen LogP contribution in [0.5, 0.6) is 5.75 Å². The molecule has 52 heavy (non-hydrogen) atoms. The molecule has 5 rings (SSSR count). The molecule has 0 unspecified atom stereocenters. The minimum Gasteiger partial charge on any atom is -0.482 e. The Hall–Kier alpha value is -4.49. The minimum absolute atomic E-state index is 0.0186. The second-order valence-corrected chi connectivity index (χ2v) is 14.5. The molecular formula is C39H55FN7O5+. The summed E-state index contributed by atoms with van der Waals surface area (Å²) in [4.78, 5) is 59.0. The Bertz CT molecular complexity index is 1570. The molecule has 0 aromatic heterocycles. The summed E-state index contributed by atoms with van der Waals surface area (Å²) >= 11 is 0. The smallest absolute Gasteiger partial charge is 0.255 e. The number of hydrazine groups is 1. The van der Waals surface area contributed by atoms with Gasteiger partial charge in [0.25, 0.3) is 5.91 Å². The lowest BCUT2D eigenvalue weighted by molar-refractivity contribution is -0.678. The first-order valence-corrected chi connectivity index (χ1v) is 18.8. The van der Waals surface area contributed by atoms with Crippen LogP contribution in [0.4, 0.5) is 4.39 Å². The van der Waals surface area contributed by atoms with Crippen LogP contribution in [-0.4, -0.2) is 89.9 Å². The van der Waals surface area contributed by atoms with E-state index in [9.17, 15) is 23.6 Å². The van der Waals surface area contributed by atoms with Gasteiger partial charge in [-0.05, 0) is 61.8 Å². The van der Waals surface area contributed by atoms with Crippen LogP contribution in [-0.2, 0) is 20.8 Å². The van der Waals surface area contributed by atoms with Crippen molar-refractivity contribution in [2.45, 2.75) is 96.2 Å². The Morgan fingerprint density at radius 3 is 2.44 bits per heavy atom. The van der Waals surface area contributed by atoms with Crippen molar-refractivity contribution in [1.29, 1.82) is 0 Å². The molecule has 2 aromatic rings. The highest BCUT2D eigenvalue weighted by Crippen LogP contribution is 2.25. The Balaban J connectivity index is 1.40. The molecular weight excluding hydrogens is 665 g/mol. The van der Waals surface area contributed by atoms with Crippen LogP contribution in [0.3, 0.4) is 0 Å². The number of halogens is 1. The van der Waals surface area contributed by atoms with Crippen molar-refractivity contribution in [2.24, 2.45) is 5.92 Å². The van der Waals surface area contributed by atoms with Gasteiger partial charge in [-0.25, -0.2) is 9.82 Å². The fourth-order valence-electron chi connectivity index (χ4n) is 7.11. The van der Waals surface area contributed by atoms with Gasteiger partial charge in [-0.2, -0.15) is 0 Å². The first-order valence-electron chi connectivity index (χ1n) is 18.8. The summed E-state index contributed by atoms with van der Waals surface area (Å²) in [6.45, 7) is 5.74. The average Bonchev–Trinajstić information content (AvgIpc) is 3.81. The molecule has 5 N–H and O–H groups in total. The van der Waals surface area contributed by atoms with Gasteiger partial charge in [0.15, 0.2) is 12.3 Å². The molecule has 3 atom stereocenters. The molecule has 0 radical (unpaired) electrons. The van der Waals surface area contributed by atoms with E-state index in [0.29, 0.717) is 38.8 Å². The van der Waals surface area contributed by atoms with Crippen LogP contribution in [0, 0.1) is 11.7 Å². The van der Waals surface area contributed by atoms with Gasteiger partial charge in [0.1, 0.15) is 29.7 Å². The second kappa shape index (κ2) is 18.8. The zero-order valence-corrected chi connectivity index (χ0v) is 30.7. The first-order chi connectivity index (χ1) is 25.1. The maximum Gasteiger partial charge on any atom is 0.255 e. The van der Waals surface area contributed by atoms with Gasteiger partial charge >= 0.3 is 0 Å². The lowest BCUT2D eigenvalue weighted by Crippen LogP contribution is -2.91. The van der Waals surface area contributed by atoms with Crippen LogP contribution < -0.4 is 26.3 Å². The number of nitrogens with zero attached hydrogens (tertiary/aromatic N) is 3. The molecule has 3 aliphatic rings. The second-order valence-electron chi connectivity index (χ2n) is 14.5. The van der Waals surface area contributed by atoms with Crippen molar-refractivity contribution in [1.82, 2.24) is 31.0 Å². The monoisotopic (exact) mass is 720 g/mol. The zero-order valence-electron chi connectivity index (χ0n) is 30.7. The third-order valence-electron chi connectivity index (χ3n) is 9.96. The number of nitrogens with one attached hydrogen (secondary N) is 3. The summed E-state index contributed by atoms with van der Waals surface area (Å²) in [5, 5.41) is 7.93.